The Hall–Kier alpha value is -1.71. The van der Waals surface area contributed by atoms with Crippen molar-refractivity contribution >= 4 is 17.0 Å². The van der Waals surface area contributed by atoms with Gasteiger partial charge in [0, 0.05) is 13.1 Å². The van der Waals surface area contributed by atoms with E-state index in [2.05, 4.69) is 10.00 Å². The number of nitrogens with zero attached hydrogens (tertiary/aromatic N) is 3. The van der Waals surface area contributed by atoms with Crippen molar-refractivity contribution in [1.29, 1.82) is 0 Å². The number of anilines is 2. The quantitative estimate of drug-likeness (QED) is 0.792. The summed E-state index contributed by atoms with van der Waals surface area (Å²) in [6.45, 7) is 2.17. The summed E-state index contributed by atoms with van der Waals surface area (Å²) in [7, 11) is 0. The van der Waals surface area contributed by atoms with Crippen LogP contribution in [0.15, 0.2) is 24.4 Å². The van der Waals surface area contributed by atoms with Crippen LogP contribution < -0.4 is 10.6 Å². The molecule has 0 saturated carbocycles. The third-order valence-corrected chi connectivity index (χ3v) is 3.22. The van der Waals surface area contributed by atoms with Crippen LogP contribution in [0.4, 0.5) is 11.5 Å². The number of nitrogens with two attached hydrogens (primary N) is 1. The first-order valence-corrected chi connectivity index (χ1v) is 5.83. The van der Waals surface area contributed by atoms with Gasteiger partial charge in [0.15, 0.2) is 5.82 Å². The molecule has 0 radical (unpaired) electrons. The summed E-state index contributed by atoms with van der Waals surface area (Å²) in [5.74, 6) is 1.06. The van der Waals surface area contributed by atoms with Crippen molar-refractivity contribution in [2.45, 2.75) is 19.3 Å². The van der Waals surface area contributed by atoms with Crippen molar-refractivity contribution in [2.75, 3.05) is 23.7 Å². The van der Waals surface area contributed by atoms with Crippen LogP contribution in [0.2, 0.25) is 0 Å². The van der Waals surface area contributed by atoms with Crippen LogP contribution in [-0.4, -0.2) is 22.7 Å². The van der Waals surface area contributed by atoms with Crippen molar-refractivity contribution in [2.24, 2.45) is 0 Å². The minimum Gasteiger partial charge on any atom is -0.396 e. The summed E-state index contributed by atoms with van der Waals surface area (Å²) in [5, 5.41) is 4.35. The van der Waals surface area contributed by atoms with Crippen molar-refractivity contribution in [1.82, 2.24) is 9.61 Å². The van der Waals surface area contributed by atoms with E-state index in [4.69, 9.17) is 5.73 Å². The van der Waals surface area contributed by atoms with E-state index in [0.29, 0.717) is 0 Å². The minimum atomic E-state index is 0.818. The first-order valence-electron chi connectivity index (χ1n) is 5.83. The predicted octanol–water partition coefficient (Wildman–Crippen LogP) is 1.91. The Kier molecular flexibility index (Phi) is 2.20. The lowest BCUT2D eigenvalue weighted by Crippen LogP contribution is -2.31. The molecule has 1 saturated heterocycles. The molecule has 0 atom stereocenters. The summed E-state index contributed by atoms with van der Waals surface area (Å²) in [6.07, 6.45) is 5.64. The van der Waals surface area contributed by atoms with E-state index in [-0.39, 0.29) is 0 Å². The van der Waals surface area contributed by atoms with E-state index < -0.39 is 0 Å². The van der Waals surface area contributed by atoms with Gasteiger partial charge in [-0.15, -0.1) is 0 Å². The number of rotatable bonds is 1. The first-order chi connectivity index (χ1) is 7.86. The maximum atomic E-state index is 6.07. The molecule has 1 aliphatic rings. The molecule has 0 spiro atoms. The third kappa shape index (κ3) is 1.41. The van der Waals surface area contributed by atoms with E-state index in [9.17, 15) is 0 Å². The fourth-order valence-corrected chi connectivity index (χ4v) is 2.41. The first kappa shape index (κ1) is 9.51. The van der Waals surface area contributed by atoms with Gasteiger partial charge < -0.3 is 10.6 Å². The van der Waals surface area contributed by atoms with E-state index >= 15 is 0 Å². The fourth-order valence-electron chi connectivity index (χ4n) is 2.41. The largest absolute Gasteiger partial charge is 0.396 e. The Morgan fingerprint density at radius 1 is 1.06 bits per heavy atom. The van der Waals surface area contributed by atoms with E-state index in [0.717, 1.165) is 30.1 Å². The van der Waals surface area contributed by atoms with Crippen LogP contribution in [-0.2, 0) is 0 Å². The molecule has 1 fully saturated rings. The molecule has 3 rings (SSSR count). The third-order valence-electron chi connectivity index (χ3n) is 3.22. The molecule has 0 aromatic carbocycles. The summed E-state index contributed by atoms with van der Waals surface area (Å²) in [6, 6.07) is 5.99. The Morgan fingerprint density at radius 2 is 1.88 bits per heavy atom. The monoisotopic (exact) mass is 216 g/mol. The maximum Gasteiger partial charge on any atom is 0.153 e. The zero-order valence-corrected chi connectivity index (χ0v) is 9.26. The van der Waals surface area contributed by atoms with Gasteiger partial charge in [0.25, 0.3) is 0 Å². The van der Waals surface area contributed by atoms with Gasteiger partial charge in [0.1, 0.15) is 0 Å². The molecule has 2 aromatic heterocycles. The summed E-state index contributed by atoms with van der Waals surface area (Å²) in [5.41, 5.74) is 8.00. The molecule has 1 aliphatic heterocycles. The van der Waals surface area contributed by atoms with Crippen molar-refractivity contribution in [3.05, 3.63) is 24.4 Å². The maximum absolute atomic E-state index is 6.07. The van der Waals surface area contributed by atoms with Gasteiger partial charge in [-0.3, -0.25) is 0 Å². The van der Waals surface area contributed by atoms with Crippen molar-refractivity contribution < 1.29 is 0 Å². The molecular formula is C12H16N4. The van der Waals surface area contributed by atoms with E-state index in [1.165, 1.54) is 19.3 Å². The molecule has 2 aromatic rings. The van der Waals surface area contributed by atoms with Gasteiger partial charge in [-0.2, -0.15) is 5.10 Å². The molecule has 0 aliphatic carbocycles. The lowest BCUT2D eigenvalue weighted by atomic mass is 10.1. The average molecular weight is 216 g/mol. The highest BCUT2D eigenvalue weighted by atomic mass is 15.3. The van der Waals surface area contributed by atoms with E-state index in [1.54, 1.807) is 0 Å². The number of piperidine rings is 1. The second kappa shape index (κ2) is 3.70. The topological polar surface area (TPSA) is 46.6 Å². The van der Waals surface area contributed by atoms with Gasteiger partial charge in [-0.25, -0.2) is 4.52 Å². The molecule has 2 N–H and O–H groups in total. The second-order valence-electron chi connectivity index (χ2n) is 4.33. The predicted molar refractivity (Wildman–Crippen MR) is 65.7 cm³/mol. The standard InChI is InChI=1S/C12H16N4/c13-11-5-4-10-6-7-14-16(10)12(11)15-8-2-1-3-9-15/h4-7H,1-3,8-9,13H2. The van der Waals surface area contributed by atoms with Crippen LogP contribution in [0.3, 0.4) is 0 Å². The van der Waals surface area contributed by atoms with Gasteiger partial charge in [-0.05, 0) is 37.5 Å². The molecule has 84 valence electrons. The van der Waals surface area contributed by atoms with Gasteiger partial charge in [0.2, 0.25) is 0 Å². The normalized spacial score (nSPS) is 16.9. The fraction of sp³-hybridized carbons (Fsp3) is 0.417. The van der Waals surface area contributed by atoms with Gasteiger partial charge in [-0.1, -0.05) is 0 Å². The molecule has 0 bridgehead atoms. The number of aromatic nitrogens is 2. The molecule has 4 heteroatoms. The number of nitrogen functional groups attached to an aromatic ring is 1. The van der Waals surface area contributed by atoms with Crippen LogP contribution in [0.1, 0.15) is 19.3 Å². The summed E-state index contributed by atoms with van der Waals surface area (Å²) >= 11 is 0. The SMILES string of the molecule is Nc1ccc2ccnn2c1N1CCCCC1. The highest BCUT2D eigenvalue weighted by Gasteiger charge is 2.16. The average Bonchev–Trinajstić information content (AvgIpc) is 2.78. The molecule has 16 heavy (non-hydrogen) atoms. The number of hydrogen-bond donors (Lipinski definition) is 1. The number of hydrogen-bond acceptors (Lipinski definition) is 3. The van der Waals surface area contributed by atoms with Crippen LogP contribution >= 0.6 is 0 Å². The minimum absolute atomic E-state index is 0.818. The van der Waals surface area contributed by atoms with Crippen molar-refractivity contribution in [3.8, 4) is 0 Å². The molecule has 0 unspecified atom stereocenters. The summed E-state index contributed by atoms with van der Waals surface area (Å²) < 4.78 is 1.95. The van der Waals surface area contributed by atoms with Crippen LogP contribution in [0, 0.1) is 0 Å². The van der Waals surface area contributed by atoms with E-state index in [1.807, 2.05) is 28.9 Å². The van der Waals surface area contributed by atoms with Crippen LogP contribution in [0.5, 0.6) is 0 Å². The van der Waals surface area contributed by atoms with Crippen LogP contribution in [0.25, 0.3) is 5.52 Å². The lowest BCUT2D eigenvalue weighted by molar-refractivity contribution is 0.569. The molecule has 0 amide bonds. The van der Waals surface area contributed by atoms with Gasteiger partial charge in [0.05, 0.1) is 17.4 Å². The molecule has 4 nitrogen and oxygen atoms in total. The Morgan fingerprint density at radius 3 is 2.69 bits per heavy atom. The van der Waals surface area contributed by atoms with Gasteiger partial charge >= 0.3 is 0 Å². The zero-order chi connectivity index (χ0) is 11.0. The van der Waals surface area contributed by atoms with Crippen molar-refractivity contribution in [3.63, 3.8) is 0 Å². The highest BCUT2D eigenvalue weighted by molar-refractivity contribution is 5.69. The smallest absolute Gasteiger partial charge is 0.153 e. The second-order valence-corrected chi connectivity index (χ2v) is 4.33. The number of pyridine rings is 1. The highest BCUT2D eigenvalue weighted by Crippen LogP contribution is 2.26. The molecule has 3 heterocycles. The number of fused-ring (bicyclic) bond motifs is 1. The Balaban J connectivity index is 2.12. The zero-order valence-electron chi connectivity index (χ0n) is 9.26. The lowest BCUT2D eigenvalue weighted by Gasteiger charge is -2.29. The summed E-state index contributed by atoms with van der Waals surface area (Å²) in [4.78, 5) is 2.35. The Bertz CT molecular complexity index is 497. The Labute approximate surface area is 94.7 Å². The molecular weight excluding hydrogens is 200 g/mol.